The Balaban J connectivity index is 1.78. The van der Waals surface area contributed by atoms with E-state index < -0.39 is 0 Å². The quantitative estimate of drug-likeness (QED) is 0.625. The van der Waals surface area contributed by atoms with Gasteiger partial charge in [0.25, 0.3) is 0 Å². The maximum atomic E-state index is 11.6. The number of nitrogen functional groups attached to an aromatic ring is 1. The Kier molecular flexibility index (Phi) is 3.44. The van der Waals surface area contributed by atoms with Gasteiger partial charge in [0.1, 0.15) is 0 Å². The molecule has 0 bridgehead atoms. The topological polar surface area (TPSA) is 52.3 Å². The van der Waals surface area contributed by atoms with Crippen LogP contribution < -0.4 is 5.73 Å². The van der Waals surface area contributed by atoms with E-state index in [2.05, 4.69) is 0 Å². The fourth-order valence-corrected chi connectivity index (χ4v) is 1.85. The second kappa shape index (κ2) is 5.01. The number of carbonyl (C=O) groups is 1. The molecule has 16 heavy (non-hydrogen) atoms. The monoisotopic (exact) mass is 219 g/mol. The van der Waals surface area contributed by atoms with Crippen molar-refractivity contribution in [3.05, 3.63) is 29.8 Å². The summed E-state index contributed by atoms with van der Waals surface area (Å²) in [5, 5.41) is 0. The van der Waals surface area contributed by atoms with E-state index in [9.17, 15) is 4.79 Å². The van der Waals surface area contributed by atoms with E-state index >= 15 is 0 Å². The number of ether oxygens (including phenoxy) is 1. The number of rotatable bonds is 4. The molecule has 2 rings (SSSR count). The van der Waals surface area contributed by atoms with Crippen LogP contribution in [-0.4, -0.2) is 12.6 Å². The second-order valence-electron chi connectivity index (χ2n) is 4.35. The summed E-state index contributed by atoms with van der Waals surface area (Å²) < 4.78 is 5.19. The Bertz CT molecular complexity index is 372. The Morgan fingerprint density at radius 2 is 2.25 bits per heavy atom. The highest BCUT2D eigenvalue weighted by Gasteiger charge is 2.17. The van der Waals surface area contributed by atoms with E-state index in [1.165, 1.54) is 19.3 Å². The predicted molar refractivity (Wildman–Crippen MR) is 63.1 cm³/mol. The zero-order chi connectivity index (χ0) is 11.4. The van der Waals surface area contributed by atoms with Gasteiger partial charge in [-0.2, -0.15) is 0 Å². The Hall–Kier alpha value is -1.51. The molecule has 0 amide bonds. The van der Waals surface area contributed by atoms with Crippen molar-refractivity contribution in [1.82, 2.24) is 0 Å². The molecule has 3 nitrogen and oxygen atoms in total. The first kappa shape index (κ1) is 11.0. The number of carbonyl (C=O) groups excluding carboxylic acids is 1. The Labute approximate surface area is 95.6 Å². The first-order valence-electron chi connectivity index (χ1n) is 5.78. The second-order valence-corrected chi connectivity index (χ2v) is 4.35. The van der Waals surface area contributed by atoms with Crippen LogP contribution >= 0.6 is 0 Å². The third kappa shape index (κ3) is 2.75. The van der Waals surface area contributed by atoms with Gasteiger partial charge in [0.15, 0.2) is 0 Å². The number of hydrogen-bond donors (Lipinski definition) is 1. The lowest BCUT2D eigenvalue weighted by Crippen LogP contribution is -2.15. The van der Waals surface area contributed by atoms with E-state index in [1.54, 1.807) is 24.3 Å². The summed E-state index contributed by atoms with van der Waals surface area (Å²) in [5.74, 6) is 0.500. The molecule has 0 aromatic heterocycles. The van der Waals surface area contributed by atoms with Crippen LogP contribution in [0.3, 0.4) is 0 Å². The largest absolute Gasteiger partial charge is 0.462 e. The Morgan fingerprint density at radius 3 is 2.88 bits per heavy atom. The van der Waals surface area contributed by atoms with Gasteiger partial charge in [-0.05, 0) is 30.5 Å². The SMILES string of the molecule is Nc1cccc(C(=O)OCCC2CCC2)c1. The van der Waals surface area contributed by atoms with Crippen molar-refractivity contribution in [2.75, 3.05) is 12.3 Å². The van der Waals surface area contributed by atoms with Crippen molar-refractivity contribution in [2.45, 2.75) is 25.7 Å². The van der Waals surface area contributed by atoms with Crippen LogP contribution in [0, 0.1) is 5.92 Å². The highest BCUT2D eigenvalue weighted by atomic mass is 16.5. The molecule has 1 aromatic carbocycles. The van der Waals surface area contributed by atoms with Crippen molar-refractivity contribution in [3.8, 4) is 0 Å². The van der Waals surface area contributed by atoms with Gasteiger partial charge in [-0.1, -0.05) is 25.3 Å². The molecular weight excluding hydrogens is 202 g/mol. The summed E-state index contributed by atoms with van der Waals surface area (Å²) in [6.07, 6.45) is 4.90. The van der Waals surface area contributed by atoms with E-state index in [0.29, 0.717) is 17.9 Å². The van der Waals surface area contributed by atoms with E-state index in [-0.39, 0.29) is 5.97 Å². The summed E-state index contributed by atoms with van der Waals surface area (Å²) in [4.78, 5) is 11.6. The third-order valence-corrected chi connectivity index (χ3v) is 3.11. The number of nitrogens with two attached hydrogens (primary N) is 1. The minimum absolute atomic E-state index is 0.272. The van der Waals surface area contributed by atoms with Gasteiger partial charge in [0.2, 0.25) is 0 Å². The highest BCUT2D eigenvalue weighted by molar-refractivity contribution is 5.90. The number of anilines is 1. The van der Waals surface area contributed by atoms with Crippen LogP contribution in [0.25, 0.3) is 0 Å². The van der Waals surface area contributed by atoms with Gasteiger partial charge < -0.3 is 10.5 Å². The number of benzene rings is 1. The maximum Gasteiger partial charge on any atom is 0.338 e. The van der Waals surface area contributed by atoms with Crippen molar-refractivity contribution in [1.29, 1.82) is 0 Å². The number of esters is 1. The molecule has 0 spiro atoms. The van der Waals surface area contributed by atoms with Gasteiger partial charge >= 0.3 is 5.97 Å². The van der Waals surface area contributed by atoms with E-state index in [4.69, 9.17) is 10.5 Å². The Morgan fingerprint density at radius 1 is 1.44 bits per heavy atom. The van der Waals surface area contributed by atoms with Crippen molar-refractivity contribution in [3.63, 3.8) is 0 Å². The van der Waals surface area contributed by atoms with Gasteiger partial charge in [-0.3, -0.25) is 0 Å². The normalized spacial score (nSPS) is 15.5. The fourth-order valence-electron chi connectivity index (χ4n) is 1.85. The molecule has 86 valence electrons. The van der Waals surface area contributed by atoms with Crippen molar-refractivity contribution < 1.29 is 9.53 Å². The molecular formula is C13H17NO2. The molecule has 1 aliphatic carbocycles. The standard InChI is InChI=1S/C13H17NO2/c14-12-6-2-5-11(9-12)13(15)16-8-7-10-3-1-4-10/h2,5-6,9-10H,1,3-4,7-8,14H2. The van der Waals surface area contributed by atoms with Crippen LogP contribution in [0.2, 0.25) is 0 Å². The summed E-state index contributed by atoms with van der Waals surface area (Å²) in [6.45, 7) is 0.526. The molecule has 3 heteroatoms. The first-order valence-corrected chi connectivity index (χ1v) is 5.78. The van der Waals surface area contributed by atoms with Crippen LogP contribution in [0.4, 0.5) is 5.69 Å². The molecule has 0 aliphatic heterocycles. The molecule has 0 atom stereocenters. The lowest BCUT2D eigenvalue weighted by Gasteiger charge is -2.24. The first-order chi connectivity index (χ1) is 7.75. The number of hydrogen-bond acceptors (Lipinski definition) is 3. The van der Waals surface area contributed by atoms with Crippen LogP contribution in [-0.2, 0) is 4.74 Å². The molecule has 0 radical (unpaired) electrons. The molecule has 2 N–H and O–H groups in total. The van der Waals surface area contributed by atoms with Crippen molar-refractivity contribution in [2.24, 2.45) is 5.92 Å². The smallest absolute Gasteiger partial charge is 0.338 e. The average Bonchev–Trinajstić information content (AvgIpc) is 2.21. The summed E-state index contributed by atoms with van der Waals surface area (Å²) in [7, 11) is 0. The van der Waals surface area contributed by atoms with Crippen LogP contribution in [0.1, 0.15) is 36.0 Å². The molecule has 1 saturated carbocycles. The van der Waals surface area contributed by atoms with Crippen LogP contribution in [0.15, 0.2) is 24.3 Å². The van der Waals surface area contributed by atoms with E-state index in [0.717, 1.165) is 12.3 Å². The summed E-state index contributed by atoms with van der Waals surface area (Å²) in [6, 6.07) is 6.89. The van der Waals surface area contributed by atoms with Gasteiger partial charge in [-0.15, -0.1) is 0 Å². The van der Waals surface area contributed by atoms with Crippen LogP contribution in [0.5, 0.6) is 0 Å². The van der Waals surface area contributed by atoms with Gasteiger partial charge in [0, 0.05) is 5.69 Å². The summed E-state index contributed by atoms with van der Waals surface area (Å²) in [5.41, 5.74) is 6.72. The molecule has 1 aliphatic rings. The summed E-state index contributed by atoms with van der Waals surface area (Å²) >= 11 is 0. The molecule has 0 saturated heterocycles. The third-order valence-electron chi connectivity index (χ3n) is 3.11. The molecule has 1 aromatic rings. The maximum absolute atomic E-state index is 11.6. The molecule has 0 heterocycles. The van der Waals surface area contributed by atoms with Gasteiger partial charge in [0.05, 0.1) is 12.2 Å². The lowest BCUT2D eigenvalue weighted by atomic mass is 9.83. The lowest BCUT2D eigenvalue weighted by molar-refractivity contribution is 0.0464. The fraction of sp³-hybridized carbons (Fsp3) is 0.462. The molecule has 1 fully saturated rings. The van der Waals surface area contributed by atoms with Crippen molar-refractivity contribution >= 4 is 11.7 Å². The minimum Gasteiger partial charge on any atom is -0.462 e. The van der Waals surface area contributed by atoms with E-state index in [1.807, 2.05) is 0 Å². The zero-order valence-electron chi connectivity index (χ0n) is 9.32. The average molecular weight is 219 g/mol. The molecule has 0 unspecified atom stereocenters. The zero-order valence-corrected chi connectivity index (χ0v) is 9.32. The highest BCUT2D eigenvalue weighted by Crippen LogP contribution is 2.29. The minimum atomic E-state index is -0.272. The predicted octanol–water partition coefficient (Wildman–Crippen LogP) is 2.62. The van der Waals surface area contributed by atoms with Gasteiger partial charge in [-0.25, -0.2) is 4.79 Å².